The molecule has 112 valence electrons. The third kappa shape index (κ3) is 5.52. The Morgan fingerprint density at radius 1 is 1.29 bits per heavy atom. The van der Waals surface area contributed by atoms with Gasteiger partial charge in [-0.25, -0.2) is 0 Å². The van der Waals surface area contributed by atoms with Crippen LogP contribution in [-0.2, 0) is 22.6 Å². The fraction of sp³-hybridized carbons (Fsp3) is 0.312. The Balaban J connectivity index is 1.81. The Bertz CT molecular complexity index is 595. The molecule has 0 radical (unpaired) electrons. The molecule has 0 saturated carbocycles. The van der Waals surface area contributed by atoms with E-state index >= 15 is 0 Å². The second-order valence-electron chi connectivity index (χ2n) is 4.44. The zero-order valence-corrected chi connectivity index (χ0v) is 14.2. The van der Waals surface area contributed by atoms with Crippen LogP contribution in [0.3, 0.4) is 0 Å². The van der Waals surface area contributed by atoms with Gasteiger partial charge in [0.15, 0.2) is 5.06 Å². The van der Waals surface area contributed by atoms with Crippen LogP contribution in [0.15, 0.2) is 40.9 Å². The maximum Gasteiger partial charge on any atom is 0.306 e. The van der Waals surface area contributed by atoms with Gasteiger partial charge in [0.2, 0.25) is 0 Å². The highest BCUT2D eigenvalue weighted by molar-refractivity contribution is 9.10. The van der Waals surface area contributed by atoms with Crippen LogP contribution in [-0.4, -0.2) is 12.6 Å². The molecule has 2 aromatic rings. The van der Waals surface area contributed by atoms with Gasteiger partial charge in [0.1, 0.15) is 6.61 Å². The summed E-state index contributed by atoms with van der Waals surface area (Å²) in [6.07, 6.45) is 1.11. The molecule has 0 N–H and O–H groups in total. The van der Waals surface area contributed by atoms with Gasteiger partial charge in [0.25, 0.3) is 0 Å². The fourth-order valence-corrected chi connectivity index (χ4v) is 3.11. The minimum absolute atomic E-state index is 0.150. The van der Waals surface area contributed by atoms with E-state index in [1.807, 2.05) is 43.3 Å². The molecule has 2 rings (SSSR count). The molecular formula is C16H17BrO3S. The summed E-state index contributed by atoms with van der Waals surface area (Å²) in [5.74, 6) is -0.150. The molecule has 21 heavy (non-hydrogen) atoms. The number of rotatable bonds is 7. The molecule has 0 atom stereocenters. The van der Waals surface area contributed by atoms with Crippen LogP contribution in [0.1, 0.15) is 23.8 Å². The van der Waals surface area contributed by atoms with Crippen molar-refractivity contribution in [1.29, 1.82) is 0 Å². The van der Waals surface area contributed by atoms with Gasteiger partial charge in [-0.1, -0.05) is 28.1 Å². The summed E-state index contributed by atoms with van der Waals surface area (Å²) in [5, 5.41) is 0.869. The van der Waals surface area contributed by atoms with E-state index in [0.29, 0.717) is 26.1 Å². The van der Waals surface area contributed by atoms with E-state index < -0.39 is 0 Å². The molecule has 0 aliphatic heterocycles. The lowest BCUT2D eigenvalue weighted by molar-refractivity contribution is -0.143. The third-order valence-electron chi connectivity index (χ3n) is 2.79. The van der Waals surface area contributed by atoms with Crippen molar-refractivity contribution in [2.45, 2.75) is 26.4 Å². The molecule has 0 amide bonds. The molecular weight excluding hydrogens is 352 g/mol. The number of hydrogen-bond donors (Lipinski definition) is 0. The Labute approximate surface area is 137 Å². The highest BCUT2D eigenvalue weighted by atomic mass is 79.9. The van der Waals surface area contributed by atoms with Crippen LogP contribution >= 0.6 is 27.3 Å². The second-order valence-corrected chi connectivity index (χ2v) is 6.49. The van der Waals surface area contributed by atoms with E-state index in [1.54, 1.807) is 11.3 Å². The topological polar surface area (TPSA) is 35.5 Å². The molecule has 1 aromatic carbocycles. The number of hydrogen-bond acceptors (Lipinski definition) is 4. The molecule has 0 aliphatic rings. The van der Waals surface area contributed by atoms with Gasteiger partial charge in [-0.2, -0.15) is 0 Å². The minimum Gasteiger partial charge on any atom is -0.479 e. The molecule has 3 nitrogen and oxygen atoms in total. The van der Waals surface area contributed by atoms with Gasteiger partial charge in [-0.15, -0.1) is 11.3 Å². The maximum atomic E-state index is 11.3. The van der Waals surface area contributed by atoms with Gasteiger partial charge >= 0.3 is 5.97 Å². The lowest BCUT2D eigenvalue weighted by Gasteiger charge is -2.04. The van der Waals surface area contributed by atoms with E-state index in [1.165, 1.54) is 0 Å². The largest absolute Gasteiger partial charge is 0.479 e. The van der Waals surface area contributed by atoms with Crippen LogP contribution in [0.5, 0.6) is 5.06 Å². The first kappa shape index (κ1) is 16.0. The number of thiophene rings is 1. The molecule has 1 heterocycles. The van der Waals surface area contributed by atoms with E-state index in [9.17, 15) is 4.79 Å². The lowest BCUT2D eigenvalue weighted by atomic mass is 10.2. The monoisotopic (exact) mass is 368 g/mol. The average molecular weight is 369 g/mol. The quantitative estimate of drug-likeness (QED) is 0.670. The SMILES string of the molecule is CCOC(=O)CCc1ccc(OCc2cccc(Br)c2)s1. The van der Waals surface area contributed by atoms with E-state index in [2.05, 4.69) is 15.9 Å². The van der Waals surface area contributed by atoms with Gasteiger partial charge in [0, 0.05) is 9.35 Å². The van der Waals surface area contributed by atoms with E-state index in [0.717, 1.165) is 20.0 Å². The van der Waals surface area contributed by atoms with Crippen molar-refractivity contribution in [3.05, 3.63) is 51.3 Å². The first-order valence-corrected chi connectivity index (χ1v) is 8.40. The van der Waals surface area contributed by atoms with E-state index in [4.69, 9.17) is 9.47 Å². The predicted molar refractivity (Wildman–Crippen MR) is 87.7 cm³/mol. The summed E-state index contributed by atoms with van der Waals surface area (Å²) in [6.45, 7) is 2.79. The minimum atomic E-state index is -0.150. The molecule has 0 saturated heterocycles. The molecule has 0 fully saturated rings. The molecule has 0 spiro atoms. The van der Waals surface area contributed by atoms with Crippen LogP contribution in [0, 0.1) is 0 Å². The highest BCUT2D eigenvalue weighted by Gasteiger charge is 2.06. The smallest absolute Gasteiger partial charge is 0.306 e. The lowest BCUT2D eigenvalue weighted by Crippen LogP contribution is -2.04. The summed E-state index contributed by atoms with van der Waals surface area (Å²) in [5.41, 5.74) is 1.12. The van der Waals surface area contributed by atoms with Gasteiger partial charge in [-0.3, -0.25) is 4.79 Å². The Hall–Kier alpha value is -1.33. The first-order chi connectivity index (χ1) is 10.2. The molecule has 5 heteroatoms. The molecule has 0 bridgehead atoms. The van der Waals surface area contributed by atoms with Crippen LogP contribution in [0.4, 0.5) is 0 Å². The number of carbonyl (C=O) groups is 1. The van der Waals surface area contributed by atoms with E-state index in [-0.39, 0.29) is 5.97 Å². The van der Waals surface area contributed by atoms with Crippen molar-refractivity contribution in [2.24, 2.45) is 0 Å². The van der Waals surface area contributed by atoms with Crippen molar-refractivity contribution in [3.8, 4) is 5.06 Å². The summed E-state index contributed by atoms with van der Waals surface area (Å²) in [7, 11) is 0. The van der Waals surface area contributed by atoms with Gasteiger partial charge in [-0.05, 0) is 43.2 Å². The van der Waals surface area contributed by atoms with Gasteiger partial charge in [0.05, 0.1) is 13.0 Å². The number of ether oxygens (including phenoxy) is 2. The number of esters is 1. The summed E-state index contributed by atoms with van der Waals surface area (Å²) >= 11 is 5.02. The standard InChI is InChI=1S/C16H17BrO3S/c1-2-19-15(18)8-6-14-7-9-16(21-14)20-11-12-4-3-5-13(17)10-12/h3-5,7,9-10H,2,6,8,11H2,1H3. The van der Waals surface area contributed by atoms with Crippen molar-refractivity contribution >= 4 is 33.2 Å². The predicted octanol–water partition coefficient (Wildman–Crippen LogP) is 4.59. The maximum absolute atomic E-state index is 11.3. The van der Waals surface area contributed by atoms with Crippen LogP contribution in [0.2, 0.25) is 0 Å². The molecule has 1 aromatic heterocycles. The zero-order valence-electron chi connectivity index (χ0n) is 11.8. The Morgan fingerprint density at radius 3 is 2.90 bits per heavy atom. The highest BCUT2D eigenvalue weighted by Crippen LogP contribution is 2.26. The average Bonchev–Trinajstić information content (AvgIpc) is 2.91. The van der Waals surface area contributed by atoms with Crippen molar-refractivity contribution in [1.82, 2.24) is 0 Å². The third-order valence-corrected chi connectivity index (χ3v) is 4.34. The normalized spacial score (nSPS) is 10.4. The number of halogens is 1. The Kier molecular flexibility index (Phi) is 6.26. The fourth-order valence-electron chi connectivity index (χ4n) is 1.81. The zero-order chi connectivity index (χ0) is 15.1. The second kappa shape index (κ2) is 8.20. The summed E-state index contributed by atoms with van der Waals surface area (Å²) < 4.78 is 11.7. The van der Waals surface area contributed by atoms with Crippen molar-refractivity contribution in [2.75, 3.05) is 6.61 Å². The molecule has 0 aliphatic carbocycles. The Morgan fingerprint density at radius 2 is 2.14 bits per heavy atom. The van der Waals surface area contributed by atoms with Crippen LogP contribution < -0.4 is 4.74 Å². The number of benzene rings is 1. The number of carbonyl (C=O) groups excluding carboxylic acids is 1. The van der Waals surface area contributed by atoms with Crippen molar-refractivity contribution in [3.63, 3.8) is 0 Å². The first-order valence-electron chi connectivity index (χ1n) is 6.79. The summed E-state index contributed by atoms with van der Waals surface area (Å²) in [6, 6.07) is 12.0. The van der Waals surface area contributed by atoms with Crippen LogP contribution in [0.25, 0.3) is 0 Å². The molecule has 0 unspecified atom stereocenters. The number of aryl methyl sites for hydroxylation is 1. The summed E-state index contributed by atoms with van der Waals surface area (Å²) in [4.78, 5) is 12.4. The van der Waals surface area contributed by atoms with Gasteiger partial charge < -0.3 is 9.47 Å². The van der Waals surface area contributed by atoms with Crippen molar-refractivity contribution < 1.29 is 14.3 Å².